The highest BCUT2D eigenvalue weighted by Gasteiger charge is 2.50. The van der Waals surface area contributed by atoms with E-state index in [0.717, 1.165) is 61.9 Å². The number of hydrogen-bond acceptors (Lipinski definition) is 2. The Hall–Kier alpha value is -10.5. The first-order valence-corrected chi connectivity index (χ1v) is 28.4. The zero-order valence-electron chi connectivity index (χ0n) is 45.2. The van der Waals surface area contributed by atoms with Crippen LogP contribution < -0.4 is 9.80 Å². The Balaban J connectivity index is 1.07. The Labute approximate surface area is 480 Å². The zero-order chi connectivity index (χ0) is 54.5. The van der Waals surface area contributed by atoms with E-state index >= 15 is 0 Å². The molecule has 0 aliphatic heterocycles. The summed E-state index contributed by atoms with van der Waals surface area (Å²) < 4.78 is 0. The van der Waals surface area contributed by atoms with E-state index in [9.17, 15) is 0 Å². The van der Waals surface area contributed by atoms with Crippen molar-refractivity contribution >= 4 is 34.1 Å². The Bertz CT molecular complexity index is 4340. The Morgan fingerprint density at radius 2 is 0.585 bits per heavy atom. The standard InChI is InChI=1S/C80H56N2/c1-9-30-57(31-10-1)66-53-52-62(54-76(66)82(65-44-23-8-24-45-65)75-51-29-48-69-67-46-25-28-50-73(67)80(78(69)75,60-36-15-4-16-37-60)61-38-17-5-18-39-61)79(59-34-13-3-14-35-59)72-49-27-26-47-68(72)71-55-70(58-32-11-2-12-33-58)77(56-74(71)79)81(63-40-19-6-20-41-63)64-42-21-7-22-43-64/h1-56H. The van der Waals surface area contributed by atoms with Crippen molar-refractivity contribution in [3.8, 4) is 44.5 Å². The van der Waals surface area contributed by atoms with Gasteiger partial charge in [0.2, 0.25) is 0 Å². The zero-order valence-corrected chi connectivity index (χ0v) is 45.2. The van der Waals surface area contributed by atoms with Gasteiger partial charge >= 0.3 is 0 Å². The van der Waals surface area contributed by atoms with Gasteiger partial charge in [0.1, 0.15) is 0 Å². The molecule has 82 heavy (non-hydrogen) atoms. The van der Waals surface area contributed by atoms with Gasteiger partial charge in [0.25, 0.3) is 0 Å². The van der Waals surface area contributed by atoms with Crippen LogP contribution in [0.15, 0.2) is 340 Å². The molecule has 0 saturated heterocycles. The van der Waals surface area contributed by atoms with Crippen molar-refractivity contribution in [3.63, 3.8) is 0 Å². The summed E-state index contributed by atoms with van der Waals surface area (Å²) in [7, 11) is 0. The molecule has 1 unspecified atom stereocenters. The average molecular weight is 1050 g/mol. The second kappa shape index (κ2) is 20.3. The van der Waals surface area contributed by atoms with Crippen LogP contribution in [-0.2, 0) is 10.8 Å². The van der Waals surface area contributed by atoms with Crippen molar-refractivity contribution in [2.45, 2.75) is 10.8 Å². The third kappa shape index (κ3) is 7.64. The molecule has 0 radical (unpaired) electrons. The van der Waals surface area contributed by atoms with E-state index in [1.807, 2.05) is 0 Å². The summed E-state index contributed by atoms with van der Waals surface area (Å²) in [6.45, 7) is 0. The fraction of sp³-hybridized carbons (Fsp3) is 0.0250. The maximum Gasteiger partial charge on any atom is 0.0734 e. The Morgan fingerprint density at radius 1 is 0.195 bits per heavy atom. The molecule has 13 aromatic carbocycles. The van der Waals surface area contributed by atoms with E-state index in [4.69, 9.17) is 0 Å². The Kier molecular flexibility index (Phi) is 12.0. The van der Waals surface area contributed by atoms with Crippen molar-refractivity contribution in [1.82, 2.24) is 0 Å². The minimum absolute atomic E-state index is 0.673. The molecule has 2 heteroatoms. The van der Waals surface area contributed by atoms with Gasteiger partial charge in [-0.15, -0.1) is 0 Å². The maximum atomic E-state index is 2.58. The molecule has 15 rings (SSSR count). The predicted octanol–water partition coefficient (Wildman–Crippen LogP) is 20.7. The van der Waals surface area contributed by atoms with Gasteiger partial charge in [-0.05, 0) is 133 Å². The van der Waals surface area contributed by atoms with Crippen molar-refractivity contribution in [2.75, 3.05) is 9.80 Å². The lowest BCUT2D eigenvalue weighted by Gasteiger charge is -2.39. The molecule has 0 aromatic heterocycles. The SMILES string of the molecule is c1ccc(-c2cc3c(cc2N(c2ccccc2)c2ccccc2)C(c2ccccc2)(c2ccc(-c4ccccc4)c(N(c4ccccc4)c4cccc5c4C(c4ccccc4)(c4ccccc4)c4ccccc4-5)c2)c2ccccc2-3)cc1. The molecule has 0 amide bonds. The van der Waals surface area contributed by atoms with Gasteiger partial charge in [-0.2, -0.15) is 0 Å². The molecule has 386 valence electrons. The number of fused-ring (bicyclic) bond motifs is 6. The first-order valence-electron chi connectivity index (χ1n) is 28.4. The lowest BCUT2D eigenvalue weighted by molar-refractivity contribution is 0.765. The molecule has 13 aromatic rings. The van der Waals surface area contributed by atoms with Crippen LogP contribution in [0.2, 0.25) is 0 Å². The van der Waals surface area contributed by atoms with Crippen LogP contribution >= 0.6 is 0 Å². The first-order chi connectivity index (χ1) is 40.7. The molecule has 0 fully saturated rings. The van der Waals surface area contributed by atoms with Crippen molar-refractivity contribution in [1.29, 1.82) is 0 Å². The van der Waals surface area contributed by atoms with Crippen LogP contribution in [0, 0.1) is 0 Å². The number of nitrogens with zero attached hydrogens (tertiary/aromatic N) is 2. The highest BCUT2D eigenvalue weighted by molar-refractivity contribution is 6.00. The monoisotopic (exact) mass is 1040 g/mol. The summed E-state index contributed by atoms with van der Waals surface area (Å²) in [4.78, 5) is 5.02. The third-order valence-electron chi connectivity index (χ3n) is 17.2. The summed E-state index contributed by atoms with van der Waals surface area (Å²) in [6.07, 6.45) is 0. The summed E-state index contributed by atoms with van der Waals surface area (Å²) in [5, 5.41) is 0. The molecule has 0 spiro atoms. The number of benzene rings is 13. The fourth-order valence-corrected chi connectivity index (χ4v) is 13.9. The van der Waals surface area contributed by atoms with E-state index < -0.39 is 10.8 Å². The molecule has 0 heterocycles. The second-order valence-corrected chi connectivity index (χ2v) is 21.4. The van der Waals surface area contributed by atoms with Gasteiger partial charge in [-0.3, -0.25) is 0 Å². The van der Waals surface area contributed by atoms with Crippen LogP contribution in [0.3, 0.4) is 0 Å². The fourth-order valence-electron chi connectivity index (χ4n) is 13.9. The minimum atomic E-state index is -0.796. The summed E-state index contributed by atoms with van der Waals surface area (Å²) >= 11 is 0. The van der Waals surface area contributed by atoms with Gasteiger partial charge in [0, 0.05) is 33.8 Å². The molecule has 1 atom stereocenters. The quantitative estimate of drug-likeness (QED) is 0.120. The lowest BCUT2D eigenvalue weighted by atomic mass is 9.66. The van der Waals surface area contributed by atoms with Gasteiger partial charge in [0.05, 0.1) is 27.9 Å². The molecule has 2 nitrogen and oxygen atoms in total. The number of anilines is 6. The van der Waals surface area contributed by atoms with E-state index in [2.05, 4.69) is 350 Å². The number of para-hydroxylation sites is 3. The van der Waals surface area contributed by atoms with Crippen LogP contribution in [-0.4, -0.2) is 0 Å². The van der Waals surface area contributed by atoms with Crippen LogP contribution in [0.1, 0.15) is 44.5 Å². The maximum absolute atomic E-state index is 2.58. The van der Waals surface area contributed by atoms with Gasteiger partial charge in [-0.1, -0.05) is 279 Å². The van der Waals surface area contributed by atoms with E-state index in [-0.39, 0.29) is 0 Å². The molecule has 0 N–H and O–H groups in total. The van der Waals surface area contributed by atoms with Crippen molar-refractivity contribution < 1.29 is 0 Å². The van der Waals surface area contributed by atoms with Crippen LogP contribution in [0.4, 0.5) is 34.1 Å². The van der Waals surface area contributed by atoms with Crippen molar-refractivity contribution in [3.05, 3.63) is 384 Å². The largest absolute Gasteiger partial charge is 0.310 e. The first kappa shape index (κ1) is 48.6. The molecular formula is C80H56N2. The predicted molar refractivity (Wildman–Crippen MR) is 341 cm³/mol. The van der Waals surface area contributed by atoms with Crippen LogP contribution in [0.5, 0.6) is 0 Å². The highest BCUT2D eigenvalue weighted by atomic mass is 15.2. The molecule has 0 saturated carbocycles. The molecular weight excluding hydrogens is 989 g/mol. The topological polar surface area (TPSA) is 6.48 Å². The molecule has 2 aliphatic carbocycles. The summed E-state index contributed by atoms with van der Waals surface area (Å²) in [6, 6.07) is 126. The third-order valence-corrected chi connectivity index (χ3v) is 17.2. The summed E-state index contributed by atoms with van der Waals surface area (Å²) in [5.74, 6) is 0. The smallest absolute Gasteiger partial charge is 0.0734 e. The lowest BCUT2D eigenvalue weighted by Crippen LogP contribution is -2.31. The van der Waals surface area contributed by atoms with E-state index in [1.54, 1.807) is 0 Å². The summed E-state index contributed by atoms with van der Waals surface area (Å²) in [5.41, 5.74) is 24.3. The Morgan fingerprint density at radius 3 is 1.11 bits per heavy atom. The average Bonchev–Trinajstić information content (AvgIpc) is 1.82. The second-order valence-electron chi connectivity index (χ2n) is 21.4. The molecule has 0 bridgehead atoms. The van der Waals surface area contributed by atoms with Gasteiger partial charge < -0.3 is 9.80 Å². The minimum Gasteiger partial charge on any atom is -0.310 e. The van der Waals surface area contributed by atoms with Gasteiger partial charge in [0.15, 0.2) is 0 Å². The highest BCUT2D eigenvalue weighted by Crippen LogP contribution is 2.63. The number of rotatable bonds is 12. The van der Waals surface area contributed by atoms with Crippen LogP contribution in [0.25, 0.3) is 44.5 Å². The molecule has 2 aliphatic rings. The van der Waals surface area contributed by atoms with Crippen molar-refractivity contribution in [2.24, 2.45) is 0 Å². The van der Waals surface area contributed by atoms with E-state index in [1.165, 1.54) is 61.2 Å². The van der Waals surface area contributed by atoms with Gasteiger partial charge in [-0.25, -0.2) is 0 Å². The normalized spacial score (nSPS) is 14.2. The number of hydrogen-bond donors (Lipinski definition) is 0. The van der Waals surface area contributed by atoms with E-state index in [0.29, 0.717) is 0 Å².